The van der Waals surface area contributed by atoms with Crippen molar-refractivity contribution in [1.82, 2.24) is 15.5 Å². The summed E-state index contributed by atoms with van der Waals surface area (Å²) >= 11 is 0. The van der Waals surface area contributed by atoms with Gasteiger partial charge in [0.15, 0.2) is 0 Å². The minimum absolute atomic E-state index is 0.0864. The third kappa shape index (κ3) is 8.14. The van der Waals surface area contributed by atoms with Crippen LogP contribution in [-0.4, -0.2) is 66.1 Å². The Labute approximate surface area is 166 Å². The van der Waals surface area contributed by atoms with E-state index in [1.807, 2.05) is 51.1 Å². The van der Waals surface area contributed by atoms with Crippen molar-refractivity contribution in [3.05, 3.63) is 35.9 Å². The van der Waals surface area contributed by atoms with E-state index in [9.17, 15) is 14.7 Å². The van der Waals surface area contributed by atoms with Gasteiger partial charge in [0.05, 0.1) is 6.10 Å². The number of likely N-dealkylation sites (tertiary alicyclic amines) is 1. The highest BCUT2D eigenvalue weighted by Gasteiger charge is 2.29. The topological polar surface area (TPSA) is 100 Å². The van der Waals surface area contributed by atoms with Crippen LogP contribution in [0.1, 0.15) is 32.8 Å². The normalized spacial score (nSPS) is 17.9. The lowest BCUT2D eigenvalue weighted by atomic mass is 10.2. The predicted octanol–water partition coefficient (Wildman–Crippen LogP) is 1.87. The van der Waals surface area contributed by atoms with Crippen molar-refractivity contribution < 1.29 is 24.2 Å². The molecule has 1 heterocycles. The fourth-order valence-electron chi connectivity index (χ4n) is 2.77. The van der Waals surface area contributed by atoms with Crippen LogP contribution >= 0.6 is 0 Å². The van der Waals surface area contributed by atoms with Gasteiger partial charge in [-0.25, -0.2) is 9.59 Å². The van der Waals surface area contributed by atoms with Crippen molar-refractivity contribution in [2.24, 2.45) is 0 Å². The molecule has 0 aliphatic carbocycles. The van der Waals surface area contributed by atoms with Crippen LogP contribution in [0.2, 0.25) is 0 Å². The van der Waals surface area contributed by atoms with Gasteiger partial charge < -0.3 is 30.1 Å². The number of hydrogen-bond donors (Lipinski definition) is 3. The summed E-state index contributed by atoms with van der Waals surface area (Å²) in [7, 11) is 0. The molecule has 0 radical (unpaired) electrons. The first kappa shape index (κ1) is 22.0. The number of ether oxygens (including phenoxy) is 2. The Morgan fingerprint density at radius 1 is 1.25 bits per heavy atom. The summed E-state index contributed by atoms with van der Waals surface area (Å²) in [5.74, 6) is 0. The molecule has 1 aliphatic heterocycles. The second-order valence-corrected chi connectivity index (χ2v) is 7.92. The molecular weight excluding hydrogens is 362 g/mol. The van der Waals surface area contributed by atoms with Gasteiger partial charge in [-0.3, -0.25) is 0 Å². The average molecular weight is 393 g/mol. The van der Waals surface area contributed by atoms with E-state index in [-0.39, 0.29) is 25.3 Å². The van der Waals surface area contributed by atoms with Crippen molar-refractivity contribution in [2.75, 3.05) is 26.2 Å². The number of nitrogens with one attached hydrogen (secondary N) is 2. The van der Waals surface area contributed by atoms with E-state index in [4.69, 9.17) is 9.47 Å². The molecule has 8 heteroatoms. The van der Waals surface area contributed by atoms with E-state index in [0.717, 1.165) is 12.0 Å². The van der Waals surface area contributed by atoms with Crippen LogP contribution < -0.4 is 10.6 Å². The maximum absolute atomic E-state index is 12.1. The summed E-state index contributed by atoms with van der Waals surface area (Å²) in [5.41, 5.74) is 0.384. The molecule has 0 bridgehead atoms. The zero-order valence-corrected chi connectivity index (χ0v) is 16.8. The highest BCUT2D eigenvalue weighted by Crippen LogP contribution is 2.15. The fourth-order valence-corrected chi connectivity index (χ4v) is 2.77. The molecule has 8 nitrogen and oxygen atoms in total. The smallest absolute Gasteiger partial charge is 0.410 e. The maximum atomic E-state index is 12.1. The van der Waals surface area contributed by atoms with Crippen LogP contribution in [0.25, 0.3) is 0 Å². The van der Waals surface area contributed by atoms with Gasteiger partial charge in [0, 0.05) is 32.2 Å². The van der Waals surface area contributed by atoms with Crippen molar-refractivity contribution in [3.8, 4) is 0 Å². The first-order valence-corrected chi connectivity index (χ1v) is 9.57. The summed E-state index contributed by atoms with van der Waals surface area (Å²) in [4.78, 5) is 25.4. The highest BCUT2D eigenvalue weighted by atomic mass is 16.6. The van der Waals surface area contributed by atoms with E-state index >= 15 is 0 Å². The van der Waals surface area contributed by atoms with Crippen LogP contribution in [0.3, 0.4) is 0 Å². The second kappa shape index (κ2) is 10.3. The predicted molar refractivity (Wildman–Crippen MR) is 105 cm³/mol. The SMILES string of the molecule is CC(C)(C)OC(=O)N1CCC(NC[C@H](O)CNC(=O)OCc2ccccc2)C1. The van der Waals surface area contributed by atoms with E-state index in [2.05, 4.69) is 10.6 Å². The number of amides is 2. The molecule has 0 saturated carbocycles. The molecule has 1 aromatic rings. The zero-order valence-electron chi connectivity index (χ0n) is 16.8. The van der Waals surface area contributed by atoms with E-state index in [1.165, 1.54) is 0 Å². The summed E-state index contributed by atoms with van der Waals surface area (Å²) in [5, 5.41) is 15.8. The summed E-state index contributed by atoms with van der Waals surface area (Å²) in [6.07, 6.45) is -0.849. The molecule has 1 saturated heterocycles. The Bertz CT molecular complexity index is 632. The zero-order chi connectivity index (χ0) is 20.6. The molecule has 156 valence electrons. The van der Waals surface area contributed by atoms with Crippen LogP contribution in [0.4, 0.5) is 9.59 Å². The minimum atomic E-state index is -0.750. The van der Waals surface area contributed by atoms with Gasteiger partial charge in [-0.05, 0) is 32.8 Å². The Balaban J connectivity index is 1.59. The number of nitrogens with zero attached hydrogens (tertiary/aromatic N) is 1. The molecule has 1 aromatic carbocycles. The van der Waals surface area contributed by atoms with Crippen LogP contribution in [0.5, 0.6) is 0 Å². The Kier molecular flexibility index (Phi) is 8.07. The molecular formula is C20H31N3O5. The Morgan fingerprint density at radius 2 is 1.96 bits per heavy atom. The molecule has 2 atom stereocenters. The van der Waals surface area contributed by atoms with Gasteiger partial charge in [-0.1, -0.05) is 30.3 Å². The van der Waals surface area contributed by atoms with Crippen LogP contribution in [0, 0.1) is 0 Å². The van der Waals surface area contributed by atoms with Gasteiger partial charge in [0.25, 0.3) is 0 Å². The third-order valence-corrected chi connectivity index (χ3v) is 4.18. The molecule has 2 amide bonds. The first-order valence-electron chi connectivity index (χ1n) is 9.57. The Hall–Kier alpha value is -2.32. The second-order valence-electron chi connectivity index (χ2n) is 7.92. The number of rotatable bonds is 7. The molecule has 3 N–H and O–H groups in total. The monoisotopic (exact) mass is 393 g/mol. The van der Waals surface area contributed by atoms with Crippen molar-refractivity contribution in [3.63, 3.8) is 0 Å². The number of hydrogen-bond acceptors (Lipinski definition) is 6. The van der Waals surface area contributed by atoms with Crippen molar-refractivity contribution in [1.29, 1.82) is 0 Å². The number of aliphatic hydroxyl groups is 1. The van der Waals surface area contributed by atoms with E-state index in [0.29, 0.717) is 19.6 Å². The minimum Gasteiger partial charge on any atom is -0.445 e. The number of benzene rings is 1. The highest BCUT2D eigenvalue weighted by molar-refractivity contribution is 5.68. The number of aliphatic hydroxyl groups excluding tert-OH is 1. The molecule has 1 unspecified atom stereocenters. The fraction of sp³-hybridized carbons (Fsp3) is 0.600. The van der Waals surface area contributed by atoms with Crippen molar-refractivity contribution in [2.45, 2.75) is 51.5 Å². The summed E-state index contributed by atoms with van der Waals surface area (Å²) in [6.45, 7) is 7.25. The van der Waals surface area contributed by atoms with Gasteiger partial charge in [0.2, 0.25) is 0 Å². The molecule has 0 spiro atoms. The van der Waals surface area contributed by atoms with Gasteiger partial charge in [0.1, 0.15) is 12.2 Å². The van der Waals surface area contributed by atoms with Gasteiger partial charge in [-0.15, -0.1) is 0 Å². The number of carbonyl (C=O) groups is 2. The standard InChI is InChI=1S/C20H31N3O5/c1-20(2,3)28-19(26)23-10-9-16(13-23)21-11-17(24)12-22-18(25)27-14-15-7-5-4-6-8-15/h4-8,16-17,21,24H,9-14H2,1-3H3,(H,22,25)/t16?,17-/m0/s1. The average Bonchev–Trinajstić information content (AvgIpc) is 3.12. The molecule has 28 heavy (non-hydrogen) atoms. The van der Waals surface area contributed by atoms with Gasteiger partial charge >= 0.3 is 12.2 Å². The maximum Gasteiger partial charge on any atom is 0.410 e. The Morgan fingerprint density at radius 3 is 2.64 bits per heavy atom. The third-order valence-electron chi connectivity index (χ3n) is 4.18. The van der Waals surface area contributed by atoms with E-state index in [1.54, 1.807) is 4.90 Å². The van der Waals surface area contributed by atoms with Crippen LogP contribution in [-0.2, 0) is 16.1 Å². The molecule has 1 aliphatic rings. The molecule has 1 fully saturated rings. The largest absolute Gasteiger partial charge is 0.445 e. The lowest BCUT2D eigenvalue weighted by Crippen LogP contribution is -2.43. The lowest BCUT2D eigenvalue weighted by molar-refractivity contribution is 0.0290. The molecule has 2 rings (SSSR count). The van der Waals surface area contributed by atoms with Crippen molar-refractivity contribution >= 4 is 12.2 Å². The first-order chi connectivity index (χ1) is 13.2. The lowest BCUT2D eigenvalue weighted by Gasteiger charge is -2.24. The van der Waals surface area contributed by atoms with Crippen LogP contribution in [0.15, 0.2) is 30.3 Å². The summed E-state index contributed by atoms with van der Waals surface area (Å²) < 4.78 is 10.5. The van der Waals surface area contributed by atoms with Gasteiger partial charge in [-0.2, -0.15) is 0 Å². The number of carbonyl (C=O) groups excluding carboxylic acids is 2. The van der Waals surface area contributed by atoms with E-state index < -0.39 is 17.8 Å². The summed E-state index contributed by atoms with van der Waals surface area (Å²) in [6, 6.07) is 9.47. The molecule has 0 aromatic heterocycles. The number of alkyl carbamates (subject to hydrolysis) is 1. The quantitative estimate of drug-likeness (QED) is 0.654.